The fourth-order valence-corrected chi connectivity index (χ4v) is 3.95. The SMILES string of the molecule is Cc1cc(Cl)cc(Cl)c1CNC(O)C1(O)CCC(O)c2ncccc21. The monoisotopic (exact) mass is 382 g/mol. The van der Waals surface area contributed by atoms with Crippen molar-refractivity contribution in [1.29, 1.82) is 0 Å². The molecule has 4 N–H and O–H groups in total. The molecule has 0 saturated heterocycles. The minimum Gasteiger partial charge on any atom is -0.387 e. The third-order valence-corrected chi connectivity index (χ3v) is 5.28. The smallest absolute Gasteiger partial charge is 0.138 e. The lowest BCUT2D eigenvalue weighted by atomic mass is 9.79. The second kappa shape index (κ2) is 7.19. The molecule has 3 atom stereocenters. The second-order valence-electron chi connectivity index (χ2n) is 6.38. The molecule has 3 rings (SSSR count). The van der Waals surface area contributed by atoms with E-state index in [9.17, 15) is 15.3 Å². The summed E-state index contributed by atoms with van der Waals surface area (Å²) in [6.45, 7) is 2.15. The van der Waals surface area contributed by atoms with Crippen molar-refractivity contribution in [2.45, 2.75) is 44.2 Å². The van der Waals surface area contributed by atoms with Crippen LogP contribution in [-0.2, 0) is 12.1 Å². The number of aliphatic hydroxyl groups is 3. The van der Waals surface area contributed by atoms with Crippen LogP contribution in [0.25, 0.3) is 0 Å². The van der Waals surface area contributed by atoms with Crippen molar-refractivity contribution in [3.8, 4) is 0 Å². The Balaban J connectivity index is 1.82. The molecule has 0 spiro atoms. The first-order valence-electron chi connectivity index (χ1n) is 8.04. The number of benzene rings is 1. The molecule has 1 heterocycles. The van der Waals surface area contributed by atoms with Gasteiger partial charge in [-0.1, -0.05) is 29.3 Å². The number of aromatic nitrogens is 1. The predicted molar refractivity (Wildman–Crippen MR) is 96.4 cm³/mol. The van der Waals surface area contributed by atoms with Gasteiger partial charge >= 0.3 is 0 Å². The molecule has 0 radical (unpaired) electrons. The van der Waals surface area contributed by atoms with Gasteiger partial charge in [0.05, 0.1) is 11.8 Å². The summed E-state index contributed by atoms with van der Waals surface area (Å²) in [7, 11) is 0. The number of nitrogens with one attached hydrogen (secondary N) is 1. The van der Waals surface area contributed by atoms with Crippen LogP contribution in [0.15, 0.2) is 30.5 Å². The Morgan fingerprint density at radius 2 is 2.16 bits per heavy atom. The Hall–Kier alpha value is -1.21. The average Bonchev–Trinajstić information content (AvgIpc) is 2.57. The third kappa shape index (κ3) is 3.53. The Morgan fingerprint density at radius 1 is 1.40 bits per heavy atom. The molecule has 0 fully saturated rings. The van der Waals surface area contributed by atoms with E-state index >= 15 is 0 Å². The third-order valence-electron chi connectivity index (χ3n) is 4.73. The van der Waals surface area contributed by atoms with Gasteiger partial charge in [-0.2, -0.15) is 0 Å². The van der Waals surface area contributed by atoms with Crippen molar-refractivity contribution < 1.29 is 15.3 Å². The van der Waals surface area contributed by atoms with E-state index in [4.69, 9.17) is 23.2 Å². The van der Waals surface area contributed by atoms with Crippen LogP contribution in [0.3, 0.4) is 0 Å². The highest BCUT2D eigenvalue weighted by atomic mass is 35.5. The number of pyridine rings is 1. The quantitative estimate of drug-likeness (QED) is 0.610. The molecule has 1 aliphatic carbocycles. The van der Waals surface area contributed by atoms with Crippen LogP contribution in [-0.4, -0.2) is 26.5 Å². The number of rotatable bonds is 4. The summed E-state index contributed by atoms with van der Waals surface area (Å²) < 4.78 is 0. The Labute approximate surface area is 156 Å². The minimum atomic E-state index is -1.53. The lowest BCUT2D eigenvalue weighted by Crippen LogP contribution is -2.50. The molecule has 0 bridgehead atoms. The summed E-state index contributed by atoms with van der Waals surface area (Å²) in [4.78, 5) is 4.15. The minimum absolute atomic E-state index is 0.217. The van der Waals surface area contributed by atoms with Crippen LogP contribution < -0.4 is 5.32 Å². The van der Waals surface area contributed by atoms with Gasteiger partial charge in [-0.3, -0.25) is 10.3 Å². The number of hydrogen-bond acceptors (Lipinski definition) is 5. The highest BCUT2D eigenvalue weighted by molar-refractivity contribution is 6.35. The van der Waals surface area contributed by atoms with Crippen LogP contribution in [0, 0.1) is 6.92 Å². The van der Waals surface area contributed by atoms with E-state index in [0.717, 1.165) is 11.1 Å². The van der Waals surface area contributed by atoms with Gasteiger partial charge in [0.1, 0.15) is 11.8 Å². The zero-order chi connectivity index (χ0) is 18.2. The standard InChI is InChI=1S/C18H20Cl2N2O3/c1-10-7-11(19)8-14(20)12(10)9-22-17(24)18(25)5-4-15(23)16-13(18)3-2-6-21-16/h2-3,6-8,15,17,22-25H,4-5,9H2,1H3. The molecule has 5 nitrogen and oxygen atoms in total. The fourth-order valence-electron chi connectivity index (χ4n) is 3.28. The van der Waals surface area contributed by atoms with E-state index in [2.05, 4.69) is 10.3 Å². The molecular weight excluding hydrogens is 363 g/mol. The molecule has 0 aliphatic heterocycles. The highest BCUT2D eigenvalue weighted by Crippen LogP contribution is 2.40. The van der Waals surface area contributed by atoms with Crippen molar-refractivity contribution in [2.24, 2.45) is 0 Å². The van der Waals surface area contributed by atoms with Crippen molar-refractivity contribution in [2.75, 3.05) is 0 Å². The maximum absolute atomic E-state index is 11.1. The topological polar surface area (TPSA) is 85.6 Å². The summed E-state index contributed by atoms with van der Waals surface area (Å²) in [5, 5.41) is 35.7. The van der Waals surface area contributed by atoms with Crippen molar-refractivity contribution in [1.82, 2.24) is 10.3 Å². The lowest BCUT2D eigenvalue weighted by Gasteiger charge is -2.39. The van der Waals surface area contributed by atoms with Crippen LogP contribution in [0.2, 0.25) is 10.0 Å². The van der Waals surface area contributed by atoms with Crippen molar-refractivity contribution in [3.05, 3.63) is 62.9 Å². The summed E-state index contributed by atoms with van der Waals surface area (Å²) in [5.74, 6) is 0. The molecule has 25 heavy (non-hydrogen) atoms. The predicted octanol–water partition coefficient (Wildman–Crippen LogP) is 2.82. The molecule has 0 amide bonds. The van der Waals surface area contributed by atoms with Crippen molar-refractivity contribution >= 4 is 23.2 Å². The number of fused-ring (bicyclic) bond motifs is 1. The molecule has 134 valence electrons. The molecular formula is C18H20Cl2N2O3. The number of nitrogens with zero attached hydrogens (tertiary/aromatic N) is 1. The second-order valence-corrected chi connectivity index (χ2v) is 7.23. The molecule has 7 heteroatoms. The van der Waals surface area contributed by atoms with Gasteiger partial charge in [0, 0.05) is 28.4 Å². The molecule has 1 aromatic carbocycles. The van der Waals surface area contributed by atoms with Gasteiger partial charge < -0.3 is 15.3 Å². The molecule has 3 unspecified atom stereocenters. The van der Waals surface area contributed by atoms with E-state index < -0.39 is 17.9 Å². The van der Waals surface area contributed by atoms with Crippen LogP contribution in [0.1, 0.15) is 41.3 Å². The van der Waals surface area contributed by atoms with E-state index in [-0.39, 0.29) is 13.0 Å². The van der Waals surface area contributed by atoms with Gasteiger partial charge in [-0.15, -0.1) is 0 Å². The molecule has 1 aromatic heterocycles. The normalized spacial score (nSPS) is 24.0. The maximum atomic E-state index is 11.1. The summed E-state index contributed by atoms with van der Waals surface area (Å²) in [6, 6.07) is 6.79. The fraction of sp³-hybridized carbons (Fsp3) is 0.389. The Kier molecular flexibility index (Phi) is 5.34. The maximum Gasteiger partial charge on any atom is 0.138 e. The Morgan fingerprint density at radius 3 is 2.88 bits per heavy atom. The zero-order valence-corrected chi connectivity index (χ0v) is 15.2. The van der Waals surface area contributed by atoms with Gasteiger partial charge in [0.15, 0.2) is 0 Å². The number of aliphatic hydroxyl groups excluding tert-OH is 2. The molecule has 1 aliphatic rings. The van der Waals surface area contributed by atoms with E-state index in [1.807, 2.05) is 6.92 Å². The highest BCUT2D eigenvalue weighted by Gasteiger charge is 2.44. The molecule has 2 aromatic rings. The largest absolute Gasteiger partial charge is 0.387 e. The van der Waals surface area contributed by atoms with E-state index in [0.29, 0.717) is 27.7 Å². The first kappa shape index (κ1) is 18.6. The van der Waals surface area contributed by atoms with E-state index in [1.165, 1.54) is 0 Å². The number of hydrogen-bond donors (Lipinski definition) is 4. The summed E-state index contributed by atoms with van der Waals surface area (Å²) in [5.41, 5.74) is 1.00. The van der Waals surface area contributed by atoms with Crippen LogP contribution >= 0.6 is 23.2 Å². The van der Waals surface area contributed by atoms with Gasteiger partial charge in [0.2, 0.25) is 0 Å². The first-order valence-corrected chi connectivity index (χ1v) is 8.80. The van der Waals surface area contributed by atoms with Crippen LogP contribution in [0.5, 0.6) is 0 Å². The van der Waals surface area contributed by atoms with Crippen molar-refractivity contribution in [3.63, 3.8) is 0 Å². The first-order chi connectivity index (χ1) is 11.8. The lowest BCUT2D eigenvalue weighted by molar-refractivity contribution is -0.116. The number of halogens is 2. The average molecular weight is 383 g/mol. The summed E-state index contributed by atoms with van der Waals surface area (Å²) in [6.07, 6.45) is 0.115. The number of aryl methyl sites for hydroxylation is 1. The zero-order valence-electron chi connectivity index (χ0n) is 13.7. The summed E-state index contributed by atoms with van der Waals surface area (Å²) >= 11 is 12.2. The molecule has 0 saturated carbocycles. The van der Waals surface area contributed by atoms with Gasteiger partial charge in [-0.05, 0) is 49.1 Å². The van der Waals surface area contributed by atoms with Crippen LogP contribution in [0.4, 0.5) is 0 Å². The van der Waals surface area contributed by atoms with E-state index in [1.54, 1.807) is 30.5 Å². The Bertz CT molecular complexity index is 764. The van der Waals surface area contributed by atoms with Gasteiger partial charge in [0.25, 0.3) is 0 Å². The van der Waals surface area contributed by atoms with Gasteiger partial charge in [-0.25, -0.2) is 0 Å².